The molecule has 7 nitrogen and oxygen atoms in total. The van der Waals surface area contributed by atoms with Crippen molar-refractivity contribution in [2.24, 2.45) is 0 Å². The smallest absolute Gasteiger partial charge is 0.326 e. The molecule has 4 N–H and O–H groups in total. The van der Waals surface area contributed by atoms with Gasteiger partial charge in [-0.05, 0) is 29.8 Å². The zero-order valence-corrected chi connectivity index (χ0v) is 14.0. The van der Waals surface area contributed by atoms with Crippen LogP contribution < -0.4 is 5.32 Å². The van der Waals surface area contributed by atoms with E-state index >= 15 is 0 Å². The van der Waals surface area contributed by atoms with E-state index in [0.717, 1.165) is 0 Å². The van der Waals surface area contributed by atoms with E-state index in [1.165, 1.54) is 12.1 Å². The number of hydrogen-bond donors (Lipinski definition) is 4. The molecule has 0 fully saturated rings. The van der Waals surface area contributed by atoms with Gasteiger partial charge < -0.3 is 15.4 Å². The van der Waals surface area contributed by atoms with Crippen LogP contribution in [0.3, 0.4) is 0 Å². The minimum atomic E-state index is -1.17. The molecule has 0 radical (unpaired) electrons. The monoisotopic (exact) mass is 366 g/mol. The Morgan fingerprint density at radius 2 is 1.96 bits per heavy atom. The minimum Gasteiger partial charge on any atom is -0.480 e. The second kappa shape index (κ2) is 6.56. The maximum Gasteiger partial charge on any atom is 0.326 e. The molecule has 2 heterocycles. The fourth-order valence-electron chi connectivity index (χ4n) is 3.11. The number of nitrogens with zero attached hydrogens (tertiary/aromatic N) is 1. The molecule has 0 spiro atoms. The predicted molar refractivity (Wildman–Crippen MR) is 96.9 cm³/mol. The number of H-pyrrole nitrogens is 2. The van der Waals surface area contributed by atoms with Crippen molar-refractivity contribution in [1.29, 1.82) is 0 Å². The number of carboxylic acids is 1. The number of para-hydroxylation sites is 1. The molecule has 27 heavy (non-hydrogen) atoms. The van der Waals surface area contributed by atoms with Crippen LogP contribution in [0.5, 0.6) is 0 Å². The topological polar surface area (TPSA) is 111 Å². The highest BCUT2D eigenvalue weighted by molar-refractivity contribution is 6.05. The fourth-order valence-corrected chi connectivity index (χ4v) is 3.11. The van der Waals surface area contributed by atoms with Gasteiger partial charge in [0, 0.05) is 28.9 Å². The third-order valence-corrected chi connectivity index (χ3v) is 4.44. The Morgan fingerprint density at radius 1 is 1.15 bits per heavy atom. The number of carbonyl (C=O) groups is 2. The summed E-state index contributed by atoms with van der Waals surface area (Å²) in [4.78, 5) is 27.1. The average molecular weight is 366 g/mol. The van der Waals surface area contributed by atoms with Gasteiger partial charge in [-0.2, -0.15) is 5.10 Å². The Kier molecular flexibility index (Phi) is 4.08. The van der Waals surface area contributed by atoms with Gasteiger partial charge >= 0.3 is 5.97 Å². The Hall–Kier alpha value is -3.68. The summed E-state index contributed by atoms with van der Waals surface area (Å²) in [5, 5.41) is 20.1. The number of nitrogens with one attached hydrogen (secondary N) is 3. The van der Waals surface area contributed by atoms with E-state index in [4.69, 9.17) is 0 Å². The quantitative estimate of drug-likeness (QED) is 0.435. The van der Waals surface area contributed by atoms with Crippen molar-refractivity contribution in [3.63, 3.8) is 0 Å². The molecular weight excluding hydrogens is 351 g/mol. The number of aromatic amines is 2. The van der Waals surface area contributed by atoms with E-state index in [9.17, 15) is 19.1 Å². The molecule has 0 saturated carbocycles. The molecule has 136 valence electrons. The second-order valence-electron chi connectivity index (χ2n) is 6.19. The fraction of sp³-hybridized carbons (Fsp3) is 0.105. The molecule has 0 bridgehead atoms. The van der Waals surface area contributed by atoms with Gasteiger partial charge in [0.2, 0.25) is 0 Å². The van der Waals surface area contributed by atoms with Crippen LogP contribution in [0.1, 0.15) is 16.1 Å². The van der Waals surface area contributed by atoms with Crippen LogP contribution >= 0.6 is 0 Å². The molecule has 2 aromatic carbocycles. The first-order valence-electron chi connectivity index (χ1n) is 8.25. The first kappa shape index (κ1) is 16.8. The molecule has 0 aliphatic carbocycles. The summed E-state index contributed by atoms with van der Waals surface area (Å²) in [6.45, 7) is 0. The number of carboxylic acid groups (broad SMARTS) is 1. The largest absolute Gasteiger partial charge is 0.480 e. The Bertz CT molecular complexity index is 1160. The third kappa shape index (κ3) is 3.12. The van der Waals surface area contributed by atoms with Crippen LogP contribution in [-0.2, 0) is 11.2 Å². The predicted octanol–water partition coefficient (Wildman–Crippen LogP) is 2.61. The molecule has 0 aliphatic rings. The van der Waals surface area contributed by atoms with Gasteiger partial charge in [-0.15, -0.1) is 0 Å². The van der Waals surface area contributed by atoms with Gasteiger partial charge in [0.25, 0.3) is 5.91 Å². The highest BCUT2D eigenvalue weighted by Crippen LogP contribution is 2.21. The van der Waals surface area contributed by atoms with E-state index in [-0.39, 0.29) is 17.9 Å². The van der Waals surface area contributed by atoms with E-state index in [1.54, 1.807) is 30.5 Å². The summed E-state index contributed by atoms with van der Waals surface area (Å²) in [6.07, 6.45) is 1.67. The van der Waals surface area contributed by atoms with Crippen LogP contribution in [0.25, 0.3) is 21.8 Å². The first-order chi connectivity index (χ1) is 13.0. The number of fused-ring (bicyclic) bond motifs is 2. The number of aromatic nitrogens is 3. The van der Waals surface area contributed by atoms with Crippen molar-refractivity contribution in [3.05, 3.63) is 65.7 Å². The highest BCUT2D eigenvalue weighted by atomic mass is 19.1. The Balaban J connectivity index is 1.59. The lowest BCUT2D eigenvalue weighted by Gasteiger charge is -2.13. The molecule has 1 amide bonds. The molecular formula is C19H15FN4O3. The molecule has 4 aromatic rings. The molecule has 8 heteroatoms. The molecule has 0 aliphatic heterocycles. The number of hydrogen-bond acceptors (Lipinski definition) is 3. The first-order valence-corrected chi connectivity index (χ1v) is 8.25. The van der Waals surface area contributed by atoms with Crippen molar-refractivity contribution < 1.29 is 19.1 Å². The van der Waals surface area contributed by atoms with Gasteiger partial charge in [0.1, 0.15) is 11.9 Å². The molecule has 4 rings (SSSR count). The van der Waals surface area contributed by atoms with Crippen LogP contribution in [0.4, 0.5) is 4.39 Å². The number of benzene rings is 2. The van der Waals surface area contributed by atoms with Crippen molar-refractivity contribution in [3.8, 4) is 0 Å². The average Bonchev–Trinajstić information content (AvgIpc) is 3.25. The normalized spacial score (nSPS) is 12.3. The van der Waals surface area contributed by atoms with E-state index in [0.29, 0.717) is 27.4 Å². The van der Waals surface area contributed by atoms with Crippen LogP contribution in [-0.4, -0.2) is 38.2 Å². The minimum absolute atomic E-state index is 0.0507. The summed E-state index contributed by atoms with van der Waals surface area (Å²) < 4.78 is 13.3. The Labute approximate surface area is 152 Å². The number of halogens is 1. The lowest BCUT2D eigenvalue weighted by atomic mass is 10.0. The zero-order chi connectivity index (χ0) is 19.0. The van der Waals surface area contributed by atoms with E-state index in [1.807, 2.05) is 6.07 Å². The molecule has 2 aromatic heterocycles. The van der Waals surface area contributed by atoms with Gasteiger partial charge in [-0.25, -0.2) is 9.18 Å². The summed E-state index contributed by atoms with van der Waals surface area (Å²) in [7, 11) is 0. The second-order valence-corrected chi connectivity index (χ2v) is 6.19. The SMILES string of the molecule is O=C(NC(Cc1c[nH]c2cc(F)ccc12)C(=O)O)c1n[nH]c2ccccc12. The summed E-state index contributed by atoms with van der Waals surface area (Å²) in [5.74, 6) is -2.13. The molecule has 0 saturated heterocycles. The van der Waals surface area contributed by atoms with Gasteiger partial charge in [-0.3, -0.25) is 9.89 Å². The highest BCUT2D eigenvalue weighted by Gasteiger charge is 2.24. The van der Waals surface area contributed by atoms with Crippen LogP contribution in [0.15, 0.2) is 48.7 Å². The number of amides is 1. The summed E-state index contributed by atoms with van der Waals surface area (Å²) in [5.41, 5.74) is 2.06. The lowest BCUT2D eigenvalue weighted by Crippen LogP contribution is -2.42. The van der Waals surface area contributed by atoms with Crippen molar-refractivity contribution in [2.45, 2.75) is 12.5 Å². The standard InChI is InChI=1S/C19H15FN4O3/c20-11-5-6-12-10(9-21-15(12)8-11)7-16(19(26)27)22-18(25)17-13-3-1-2-4-14(13)23-24-17/h1-6,8-9,16,21H,7H2,(H,22,25)(H,23,24)(H,26,27). The molecule has 1 atom stereocenters. The summed E-state index contributed by atoms with van der Waals surface area (Å²) in [6, 6.07) is 10.2. The lowest BCUT2D eigenvalue weighted by molar-refractivity contribution is -0.139. The van der Waals surface area contributed by atoms with Crippen molar-refractivity contribution in [1.82, 2.24) is 20.5 Å². The van der Waals surface area contributed by atoms with Crippen LogP contribution in [0.2, 0.25) is 0 Å². The van der Waals surface area contributed by atoms with Gasteiger partial charge in [0.05, 0.1) is 5.52 Å². The Morgan fingerprint density at radius 3 is 2.78 bits per heavy atom. The number of carbonyl (C=O) groups excluding carboxylic acids is 1. The van der Waals surface area contributed by atoms with Gasteiger partial charge in [-0.1, -0.05) is 18.2 Å². The third-order valence-electron chi connectivity index (χ3n) is 4.44. The summed E-state index contributed by atoms with van der Waals surface area (Å²) >= 11 is 0. The maximum absolute atomic E-state index is 13.3. The van der Waals surface area contributed by atoms with Crippen LogP contribution in [0, 0.1) is 5.82 Å². The van der Waals surface area contributed by atoms with Crippen molar-refractivity contribution in [2.75, 3.05) is 0 Å². The molecule has 1 unspecified atom stereocenters. The number of rotatable bonds is 5. The zero-order valence-electron chi connectivity index (χ0n) is 14.0. The van der Waals surface area contributed by atoms with E-state index in [2.05, 4.69) is 20.5 Å². The van der Waals surface area contributed by atoms with Crippen molar-refractivity contribution >= 4 is 33.7 Å². The van der Waals surface area contributed by atoms with E-state index < -0.39 is 17.9 Å². The maximum atomic E-state index is 13.3. The van der Waals surface area contributed by atoms with Gasteiger partial charge in [0.15, 0.2) is 5.69 Å². The number of aliphatic carboxylic acids is 1.